The molecule has 1 unspecified atom stereocenters. The number of carbonyl (C=O) groups is 3. The molecule has 2 rings (SSSR count). The third-order valence-corrected chi connectivity index (χ3v) is 4.77. The van der Waals surface area contributed by atoms with Gasteiger partial charge in [0.2, 0.25) is 0 Å². The number of ether oxygens (including phenoxy) is 3. The molecule has 0 saturated carbocycles. The fourth-order valence-electron chi connectivity index (χ4n) is 3.58. The second kappa shape index (κ2) is 10.3. The average molecular weight is 442 g/mol. The minimum Gasteiger partial charge on any atom is -0.466 e. The van der Waals surface area contributed by atoms with Crippen LogP contribution in [-0.4, -0.2) is 37.2 Å². The first kappa shape index (κ1) is 24.9. The molecule has 1 N–H and O–H groups in total. The fourth-order valence-corrected chi connectivity index (χ4v) is 3.58. The summed E-state index contributed by atoms with van der Waals surface area (Å²) < 4.78 is 15.7. The Hall–Kier alpha value is -3.35. The van der Waals surface area contributed by atoms with E-state index in [1.165, 1.54) is 13.2 Å². The van der Waals surface area contributed by atoms with Gasteiger partial charge in [-0.2, -0.15) is 0 Å². The van der Waals surface area contributed by atoms with Gasteiger partial charge in [0, 0.05) is 17.5 Å². The number of allylic oxidation sites excluding steroid dienone is 2. The van der Waals surface area contributed by atoms with Gasteiger partial charge in [-0.3, -0.25) is 0 Å². The standard InChI is InChI=1S/C25H31NO6/c1-8-31-24(29)21-16(3)26-15(2)20(23(28)30-7)22(21)18-12-10-9-11-17(18)13-14-19(27)32-25(4,5)6/h9-14,22,26H,8H2,1-7H3/b14-13+. The van der Waals surface area contributed by atoms with E-state index >= 15 is 0 Å². The van der Waals surface area contributed by atoms with Gasteiger partial charge in [0.1, 0.15) is 5.60 Å². The molecule has 0 fully saturated rings. The van der Waals surface area contributed by atoms with Crippen LogP contribution in [0.15, 0.2) is 52.9 Å². The van der Waals surface area contributed by atoms with Gasteiger partial charge in [-0.1, -0.05) is 24.3 Å². The van der Waals surface area contributed by atoms with E-state index in [1.54, 1.807) is 53.7 Å². The smallest absolute Gasteiger partial charge is 0.336 e. The number of methoxy groups -OCH3 is 1. The molecule has 0 bridgehead atoms. The van der Waals surface area contributed by atoms with Gasteiger partial charge in [-0.15, -0.1) is 0 Å². The normalized spacial score (nSPS) is 16.7. The SMILES string of the molecule is CCOC(=O)C1=C(C)NC(C)=C(C(=O)OC)C1c1ccccc1/C=C/C(=O)OC(C)(C)C. The molecular weight excluding hydrogens is 410 g/mol. The Balaban J connectivity index is 2.64. The number of benzene rings is 1. The van der Waals surface area contributed by atoms with Crippen LogP contribution in [0.1, 0.15) is 58.6 Å². The highest BCUT2D eigenvalue weighted by molar-refractivity contribution is 6.00. The van der Waals surface area contributed by atoms with Crippen molar-refractivity contribution in [2.75, 3.05) is 13.7 Å². The predicted octanol–water partition coefficient (Wildman–Crippen LogP) is 4.01. The van der Waals surface area contributed by atoms with Crippen molar-refractivity contribution in [2.24, 2.45) is 0 Å². The summed E-state index contributed by atoms with van der Waals surface area (Å²) in [6, 6.07) is 7.24. The summed E-state index contributed by atoms with van der Waals surface area (Å²) in [6.07, 6.45) is 2.95. The molecule has 172 valence electrons. The first-order valence-corrected chi connectivity index (χ1v) is 10.4. The lowest BCUT2D eigenvalue weighted by atomic mass is 9.78. The van der Waals surface area contributed by atoms with Crippen molar-refractivity contribution in [1.82, 2.24) is 5.32 Å². The van der Waals surface area contributed by atoms with Gasteiger partial charge >= 0.3 is 17.9 Å². The monoisotopic (exact) mass is 441 g/mol. The lowest BCUT2D eigenvalue weighted by Gasteiger charge is -2.31. The first-order chi connectivity index (χ1) is 15.0. The van der Waals surface area contributed by atoms with Crippen LogP contribution in [0.4, 0.5) is 0 Å². The molecule has 1 aromatic rings. The minimum absolute atomic E-state index is 0.193. The Morgan fingerprint density at radius 1 is 1.03 bits per heavy atom. The van der Waals surface area contributed by atoms with Gasteiger partial charge in [0.15, 0.2) is 0 Å². The lowest BCUT2D eigenvalue weighted by molar-refractivity contribution is -0.148. The Kier molecular flexibility index (Phi) is 8.02. The fraction of sp³-hybridized carbons (Fsp3) is 0.400. The van der Waals surface area contributed by atoms with Gasteiger partial charge in [-0.25, -0.2) is 14.4 Å². The van der Waals surface area contributed by atoms with Crippen LogP contribution >= 0.6 is 0 Å². The zero-order valence-corrected chi connectivity index (χ0v) is 19.7. The van der Waals surface area contributed by atoms with Crippen molar-refractivity contribution in [2.45, 2.75) is 53.1 Å². The van der Waals surface area contributed by atoms with E-state index < -0.39 is 29.4 Å². The molecule has 32 heavy (non-hydrogen) atoms. The Morgan fingerprint density at radius 3 is 2.19 bits per heavy atom. The molecule has 0 aromatic heterocycles. The summed E-state index contributed by atoms with van der Waals surface area (Å²) in [7, 11) is 1.29. The molecule has 0 radical (unpaired) electrons. The van der Waals surface area contributed by atoms with E-state index in [0.717, 1.165) is 0 Å². The van der Waals surface area contributed by atoms with Crippen LogP contribution in [0.5, 0.6) is 0 Å². The van der Waals surface area contributed by atoms with Crippen LogP contribution < -0.4 is 5.32 Å². The summed E-state index contributed by atoms with van der Waals surface area (Å²) in [6.45, 7) is 10.8. The summed E-state index contributed by atoms with van der Waals surface area (Å²) in [4.78, 5) is 37.9. The molecule has 0 saturated heterocycles. The molecule has 1 atom stereocenters. The van der Waals surface area contributed by atoms with E-state index in [1.807, 2.05) is 18.2 Å². The van der Waals surface area contributed by atoms with Crippen molar-refractivity contribution < 1.29 is 28.6 Å². The number of hydrogen-bond acceptors (Lipinski definition) is 7. The van der Waals surface area contributed by atoms with Crippen LogP contribution in [0.3, 0.4) is 0 Å². The van der Waals surface area contributed by atoms with Gasteiger partial charge < -0.3 is 19.5 Å². The van der Waals surface area contributed by atoms with E-state index in [0.29, 0.717) is 33.7 Å². The average Bonchev–Trinajstić information content (AvgIpc) is 2.70. The molecule has 0 amide bonds. The quantitative estimate of drug-likeness (QED) is 0.405. The second-order valence-electron chi connectivity index (χ2n) is 8.34. The Morgan fingerprint density at radius 2 is 1.62 bits per heavy atom. The third kappa shape index (κ3) is 5.87. The van der Waals surface area contributed by atoms with E-state index in [-0.39, 0.29) is 6.61 Å². The van der Waals surface area contributed by atoms with Crippen LogP contribution in [-0.2, 0) is 28.6 Å². The molecule has 1 aromatic carbocycles. The van der Waals surface area contributed by atoms with E-state index in [4.69, 9.17) is 14.2 Å². The zero-order valence-electron chi connectivity index (χ0n) is 19.7. The number of esters is 3. The Bertz CT molecular complexity index is 994. The molecule has 7 nitrogen and oxygen atoms in total. The highest BCUT2D eigenvalue weighted by atomic mass is 16.6. The maximum absolute atomic E-state index is 12.9. The second-order valence-corrected chi connectivity index (χ2v) is 8.34. The van der Waals surface area contributed by atoms with Crippen LogP contribution in [0.2, 0.25) is 0 Å². The minimum atomic E-state index is -0.734. The Labute approximate surface area is 189 Å². The topological polar surface area (TPSA) is 90.9 Å². The molecule has 1 aliphatic heterocycles. The number of hydrogen-bond donors (Lipinski definition) is 1. The summed E-state index contributed by atoms with van der Waals surface area (Å²) in [5, 5.41) is 3.09. The molecule has 0 spiro atoms. The van der Waals surface area contributed by atoms with Crippen molar-refractivity contribution >= 4 is 24.0 Å². The van der Waals surface area contributed by atoms with Gasteiger partial charge in [0.05, 0.1) is 30.8 Å². The maximum atomic E-state index is 12.9. The van der Waals surface area contributed by atoms with Gasteiger partial charge in [-0.05, 0) is 58.7 Å². The molecular formula is C25H31NO6. The summed E-state index contributed by atoms with van der Waals surface area (Å²) >= 11 is 0. The summed E-state index contributed by atoms with van der Waals surface area (Å²) in [5.74, 6) is -2.31. The first-order valence-electron chi connectivity index (χ1n) is 10.4. The number of dihydropyridines is 1. The van der Waals surface area contributed by atoms with Crippen molar-refractivity contribution in [3.63, 3.8) is 0 Å². The van der Waals surface area contributed by atoms with E-state index in [9.17, 15) is 14.4 Å². The maximum Gasteiger partial charge on any atom is 0.336 e. The molecule has 0 aliphatic carbocycles. The highest BCUT2D eigenvalue weighted by Crippen LogP contribution is 2.40. The molecule has 1 heterocycles. The van der Waals surface area contributed by atoms with Crippen molar-refractivity contribution in [3.8, 4) is 0 Å². The van der Waals surface area contributed by atoms with Crippen LogP contribution in [0, 0.1) is 0 Å². The molecule has 1 aliphatic rings. The van der Waals surface area contributed by atoms with Crippen molar-refractivity contribution in [3.05, 3.63) is 64.0 Å². The van der Waals surface area contributed by atoms with Crippen molar-refractivity contribution in [1.29, 1.82) is 0 Å². The van der Waals surface area contributed by atoms with Crippen LogP contribution in [0.25, 0.3) is 6.08 Å². The number of carbonyl (C=O) groups excluding carboxylic acids is 3. The predicted molar refractivity (Wildman–Crippen MR) is 121 cm³/mol. The number of nitrogens with one attached hydrogen (secondary N) is 1. The number of rotatable bonds is 6. The van der Waals surface area contributed by atoms with Gasteiger partial charge in [0.25, 0.3) is 0 Å². The zero-order chi connectivity index (χ0) is 24.1. The third-order valence-electron chi connectivity index (χ3n) is 4.77. The highest BCUT2D eigenvalue weighted by Gasteiger charge is 2.38. The largest absolute Gasteiger partial charge is 0.466 e. The molecule has 7 heteroatoms. The summed E-state index contributed by atoms with van der Waals surface area (Å²) in [5.41, 5.74) is 2.49. The van der Waals surface area contributed by atoms with E-state index in [2.05, 4.69) is 5.32 Å². The lowest BCUT2D eigenvalue weighted by Crippen LogP contribution is -2.32.